The molecule has 1 heterocycles. The molecule has 2 aromatic carbocycles. The lowest BCUT2D eigenvalue weighted by atomic mass is 10.0. The fourth-order valence-corrected chi connectivity index (χ4v) is 2.65. The van der Waals surface area contributed by atoms with Crippen molar-refractivity contribution in [3.05, 3.63) is 86.4 Å². The molecule has 0 amide bonds. The van der Waals surface area contributed by atoms with Gasteiger partial charge in [0, 0.05) is 18.9 Å². The van der Waals surface area contributed by atoms with Crippen molar-refractivity contribution < 1.29 is 5.11 Å². The lowest BCUT2D eigenvalue weighted by Gasteiger charge is -2.21. The van der Waals surface area contributed by atoms with Gasteiger partial charge in [-0.25, -0.2) is 0 Å². The van der Waals surface area contributed by atoms with Crippen molar-refractivity contribution in [3.63, 3.8) is 0 Å². The number of aliphatic hydroxyl groups excluding tert-OH is 1. The standard InChI is InChI=1S/C19H19N3O3/c23-12-15(10-13-4-2-1-3-5-13)22-17-16(18(24)19(17)25)21-11-14-6-8-20-9-7-14/h1-9,15,21-23H,10-12H2. The lowest BCUT2D eigenvalue weighted by Crippen LogP contribution is -2.41. The number of nitrogens with zero attached hydrogens (tertiary/aromatic N) is 1. The molecule has 0 aliphatic heterocycles. The second-order valence-electron chi connectivity index (χ2n) is 5.83. The van der Waals surface area contributed by atoms with Crippen molar-refractivity contribution in [3.8, 4) is 0 Å². The van der Waals surface area contributed by atoms with Gasteiger partial charge in [-0.3, -0.25) is 14.6 Å². The second kappa shape index (κ2) is 7.72. The van der Waals surface area contributed by atoms with Crippen molar-refractivity contribution in [2.24, 2.45) is 0 Å². The Bertz CT molecular complexity index is 887. The van der Waals surface area contributed by atoms with Gasteiger partial charge in [0.2, 0.25) is 0 Å². The van der Waals surface area contributed by atoms with Gasteiger partial charge in [-0.05, 0) is 29.7 Å². The molecule has 3 N–H and O–H groups in total. The minimum absolute atomic E-state index is 0.141. The predicted molar refractivity (Wildman–Crippen MR) is 97.6 cm³/mol. The third kappa shape index (κ3) is 3.92. The van der Waals surface area contributed by atoms with Gasteiger partial charge in [0.15, 0.2) is 0 Å². The van der Waals surface area contributed by atoms with Crippen LogP contribution in [-0.4, -0.2) is 22.7 Å². The van der Waals surface area contributed by atoms with E-state index in [1.54, 1.807) is 12.4 Å². The highest BCUT2D eigenvalue weighted by Crippen LogP contribution is 2.18. The van der Waals surface area contributed by atoms with E-state index in [0.717, 1.165) is 11.1 Å². The molecule has 0 fully saturated rings. The highest BCUT2D eigenvalue weighted by atomic mass is 16.3. The summed E-state index contributed by atoms with van der Waals surface area (Å²) in [5.74, 6) is 0. The number of nitrogens with one attached hydrogen (secondary N) is 2. The Morgan fingerprint density at radius 2 is 1.60 bits per heavy atom. The number of aromatic nitrogens is 1. The number of benzene rings is 1. The first-order valence-electron chi connectivity index (χ1n) is 8.06. The molecular weight excluding hydrogens is 318 g/mol. The van der Waals surface area contributed by atoms with Gasteiger partial charge in [-0.1, -0.05) is 30.3 Å². The van der Waals surface area contributed by atoms with E-state index in [4.69, 9.17) is 0 Å². The Morgan fingerprint density at radius 3 is 2.28 bits per heavy atom. The van der Waals surface area contributed by atoms with E-state index in [2.05, 4.69) is 15.6 Å². The number of rotatable bonds is 8. The molecule has 0 saturated carbocycles. The zero-order chi connectivity index (χ0) is 17.6. The number of anilines is 2. The van der Waals surface area contributed by atoms with E-state index in [0.29, 0.717) is 13.0 Å². The average molecular weight is 337 g/mol. The molecule has 0 radical (unpaired) electrons. The minimum atomic E-state index is -0.552. The average Bonchev–Trinajstić information content (AvgIpc) is 2.67. The summed E-state index contributed by atoms with van der Waals surface area (Å²) >= 11 is 0. The van der Waals surface area contributed by atoms with Crippen LogP contribution in [0.5, 0.6) is 0 Å². The van der Waals surface area contributed by atoms with Crippen molar-refractivity contribution in [2.45, 2.75) is 19.0 Å². The summed E-state index contributed by atoms with van der Waals surface area (Å²) in [4.78, 5) is 27.7. The lowest BCUT2D eigenvalue weighted by molar-refractivity contribution is 0.273. The number of hydrogen-bond donors (Lipinski definition) is 3. The van der Waals surface area contributed by atoms with E-state index in [1.165, 1.54) is 0 Å². The normalized spacial score (nSPS) is 12.0. The monoisotopic (exact) mass is 337 g/mol. The first-order chi connectivity index (χ1) is 12.2. The maximum Gasteiger partial charge on any atom is 0.253 e. The molecule has 1 aromatic heterocycles. The molecule has 128 valence electrons. The van der Waals surface area contributed by atoms with E-state index in [-0.39, 0.29) is 24.0 Å². The number of aliphatic hydroxyl groups is 1. The molecule has 0 saturated heterocycles. The van der Waals surface area contributed by atoms with E-state index < -0.39 is 10.9 Å². The highest BCUT2D eigenvalue weighted by Gasteiger charge is 2.23. The predicted octanol–water partition coefficient (Wildman–Crippen LogP) is 1.31. The van der Waals surface area contributed by atoms with Crippen LogP contribution in [-0.2, 0) is 13.0 Å². The van der Waals surface area contributed by atoms with Gasteiger partial charge in [0.05, 0.1) is 12.6 Å². The first kappa shape index (κ1) is 16.9. The maximum atomic E-state index is 11.9. The van der Waals surface area contributed by atoms with Crippen molar-refractivity contribution in [1.29, 1.82) is 0 Å². The molecule has 0 bridgehead atoms. The first-order valence-corrected chi connectivity index (χ1v) is 8.06. The summed E-state index contributed by atoms with van der Waals surface area (Å²) in [7, 11) is 0. The number of pyridine rings is 1. The Kier molecular flexibility index (Phi) is 5.20. The Labute approximate surface area is 144 Å². The largest absolute Gasteiger partial charge is 0.394 e. The van der Waals surface area contributed by atoms with Crippen molar-refractivity contribution in [1.82, 2.24) is 4.98 Å². The van der Waals surface area contributed by atoms with Gasteiger partial charge in [-0.2, -0.15) is 0 Å². The second-order valence-corrected chi connectivity index (χ2v) is 5.83. The Balaban J connectivity index is 1.68. The van der Waals surface area contributed by atoms with Crippen LogP contribution in [0.4, 0.5) is 11.4 Å². The fourth-order valence-electron chi connectivity index (χ4n) is 2.65. The fraction of sp³-hybridized carbons (Fsp3) is 0.211. The summed E-state index contributed by atoms with van der Waals surface area (Å²) in [5.41, 5.74) is 1.43. The maximum absolute atomic E-state index is 11.9. The van der Waals surface area contributed by atoms with E-state index in [1.807, 2.05) is 42.5 Å². The summed E-state index contributed by atoms with van der Waals surface area (Å²) < 4.78 is 0. The van der Waals surface area contributed by atoms with Gasteiger partial charge in [0.25, 0.3) is 10.9 Å². The Morgan fingerprint density at radius 1 is 0.920 bits per heavy atom. The van der Waals surface area contributed by atoms with Gasteiger partial charge in [0.1, 0.15) is 11.4 Å². The summed E-state index contributed by atoms with van der Waals surface area (Å²) in [5, 5.41) is 15.6. The molecule has 0 spiro atoms. The van der Waals surface area contributed by atoms with Crippen LogP contribution < -0.4 is 21.5 Å². The molecule has 1 atom stereocenters. The molecule has 3 aromatic rings. The third-order valence-electron chi connectivity index (χ3n) is 4.02. The summed E-state index contributed by atoms with van der Waals surface area (Å²) in [6.07, 6.45) is 3.89. The minimum Gasteiger partial charge on any atom is -0.394 e. The van der Waals surface area contributed by atoms with Crippen LogP contribution >= 0.6 is 0 Å². The van der Waals surface area contributed by atoms with Crippen LogP contribution in [0.15, 0.2) is 64.4 Å². The topological polar surface area (TPSA) is 91.3 Å². The Hall–Kier alpha value is -2.99. The van der Waals surface area contributed by atoms with E-state index >= 15 is 0 Å². The molecule has 25 heavy (non-hydrogen) atoms. The van der Waals surface area contributed by atoms with E-state index in [9.17, 15) is 14.7 Å². The molecule has 0 aliphatic rings. The van der Waals surface area contributed by atoms with Crippen molar-refractivity contribution >= 4 is 11.4 Å². The SMILES string of the molecule is O=c1c(NCc2ccncc2)c(NC(CO)Cc2ccccc2)c1=O. The zero-order valence-electron chi connectivity index (χ0n) is 13.6. The molecule has 0 aliphatic carbocycles. The smallest absolute Gasteiger partial charge is 0.253 e. The van der Waals surface area contributed by atoms with Crippen LogP contribution in [0.1, 0.15) is 11.1 Å². The van der Waals surface area contributed by atoms with Gasteiger partial charge >= 0.3 is 0 Å². The summed E-state index contributed by atoms with van der Waals surface area (Å²) in [6.45, 7) is 0.280. The van der Waals surface area contributed by atoms with Crippen LogP contribution in [0.3, 0.4) is 0 Å². The molecular formula is C19H19N3O3. The van der Waals surface area contributed by atoms with Crippen LogP contribution in [0.25, 0.3) is 0 Å². The van der Waals surface area contributed by atoms with Crippen molar-refractivity contribution in [2.75, 3.05) is 17.2 Å². The quantitative estimate of drug-likeness (QED) is 0.537. The highest BCUT2D eigenvalue weighted by molar-refractivity contribution is 5.74. The summed E-state index contributed by atoms with van der Waals surface area (Å²) in [6, 6.07) is 13.0. The molecule has 3 rings (SSSR count). The molecule has 6 nitrogen and oxygen atoms in total. The zero-order valence-corrected chi connectivity index (χ0v) is 13.6. The van der Waals surface area contributed by atoms with Gasteiger partial charge in [-0.15, -0.1) is 0 Å². The van der Waals surface area contributed by atoms with Crippen LogP contribution in [0, 0.1) is 0 Å². The molecule has 1 unspecified atom stereocenters. The molecule has 6 heteroatoms. The van der Waals surface area contributed by atoms with Gasteiger partial charge < -0.3 is 15.7 Å². The van der Waals surface area contributed by atoms with Crippen LogP contribution in [0.2, 0.25) is 0 Å². The third-order valence-corrected chi connectivity index (χ3v) is 4.02. The number of hydrogen-bond acceptors (Lipinski definition) is 6.